The molecule has 0 radical (unpaired) electrons. The summed E-state index contributed by atoms with van der Waals surface area (Å²) < 4.78 is 5.74. The lowest BCUT2D eigenvalue weighted by molar-refractivity contribution is 0.519. The van der Waals surface area contributed by atoms with E-state index in [2.05, 4.69) is 9.97 Å². The first-order valence-corrected chi connectivity index (χ1v) is 7.14. The van der Waals surface area contributed by atoms with Crippen molar-refractivity contribution in [2.75, 3.05) is 5.73 Å². The molecule has 0 saturated carbocycles. The predicted octanol–water partition coefficient (Wildman–Crippen LogP) is 3.35. The zero-order chi connectivity index (χ0) is 13.2. The van der Waals surface area contributed by atoms with Crippen LogP contribution in [0.5, 0.6) is 0 Å². The molecule has 1 aromatic carbocycles. The van der Waals surface area contributed by atoms with Crippen molar-refractivity contribution in [3.05, 3.63) is 40.7 Å². The van der Waals surface area contributed by atoms with Gasteiger partial charge in [0.2, 0.25) is 0 Å². The molecule has 0 bridgehead atoms. The maximum Gasteiger partial charge on any atom is 0.195 e. The van der Waals surface area contributed by atoms with Gasteiger partial charge in [-0.1, -0.05) is 6.07 Å². The van der Waals surface area contributed by atoms with Gasteiger partial charge in [-0.2, -0.15) is 0 Å². The maximum atomic E-state index is 5.74. The third kappa shape index (κ3) is 2.76. The number of benzene rings is 1. The van der Waals surface area contributed by atoms with E-state index in [0.29, 0.717) is 5.13 Å². The minimum absolute atomic E-state index is 0.632. The Labute approximate surface area is 115 Å². The van der Waals surface area contributed by atoms with Crippen LogP contribution in [0.1, 0.15) is 23.6 Å². The van der Waals surface area contributed by atoms with Gasteiger partial charge in [0.1, 0.15) is 5.52 Å². The highest BCUT2D eigenvalue weighted by Gasteiger charge is 2.06. The molecule has 0 amide bonds. The summed E-state index contributed by atoms with van der Waals surface area (Å²) in [5.41, 5.74) is 9.64. The van der Waals surface area contributed by atoms with Crippen LogP contribution in [0.15, 0.2) is 28.0 Å². The Morgan fingerprint density at radius 2 is 2.16 bits per heavy atom. The second-order valence-corrected chi connectivity index (χ2v) is 5.50. The molecule has 4 nitrogen and oxygen atoms in total. The largest absolute Gasteiger partial charge is 0.441 e. The molecule has 0 aliphatic carbocycles. The standard InChI is InChI=1S/C14H15N3OS/c1-9-5-6-11-12(7-9)18-13(17-11)4-2-3-10-8-19-14(15)16-10/h5-8H,2-4H2,1H3,(H2,15,16). The number of rotatable bonds is 4. The molecule has 2 aromatic heterocycles. The zero-order valence-corrected chi connectivity index (χ0v) is 11.5. The minimum atomic E-state index is 0.632. The van der Waals surface area contributed by atoms with E-state index >= 15 is 0 Å². The first kappa shape index (κ1) is 12.2. The van der Waals surface area contributed by atoms with E-state index < -0.39 is 0 Å². The fourth-order valence-corrected chi connectivity index (χ4v) is 2.64. The fourth-order valence-electron chi connectivity index (χ4n) is 2.04. The van der Waals surface area contributed by atoms with E-state index in [1.165, 1.54) is 16.9 Å². The van der Waals surface area contributed by atoms with Crippen molar-refractivity contribution < 1.29 is 4.42 Å². The number of nitrogens with zero attached hydrogens (tertiary/aromatic N) is 2. The quantitative estimate of drug-likeness (QED) is 0.791. The first-order chi connectivity index (χ1) is 9.20. The topological polar surface area (TPSA) is 64.9 Å². The summed E-state index contributed by atoms with van der Waals surface area (Å²) in [5.74, 6) is 0.795. The highest BCUT2D eigenvalue weighted by atomic mass is 32.1. The smallest absolute Gasteiger partial charge is 0.195 e. The molecular weight excluding hydrogens is 258 g/mol. The van der Waals surface area contributed by atoms with Gasteiger partial charge >= 0.3 is 0 Å². The fraction of sp³-hybridized carbons (Fsp3) is 0.286. The van der Waals surface area contributed by atoms with E-state index in [1.807, 2.05) is 30.5 Å². The van der Waals surface area contributed by atoms with Crippen LogP contribution in [0.4, 0.5) is 5.13 Å². The van der Waals surface area contributed by atoms with Gasteiger partial charge in [-0.15, -0.1) is 11.3 Å². The molecule has 2 N–H and O–H groups in total. The van der Waals surface area contributed by atoms with Gasteiger partial charge in [0.15, 0.2) is 16.6 Å². The summed E-state index contributed by atoms with van der Waals surface area (Å²) in [6.07, 6.45) is 2.70. The van der Waals surface area contributed by atoms with Crippen molar-refractivity contribution in [2.24, 2.45) is 0 Å². The van der Waals surface area contributed by atoms with Crippen molar-refractivity contribution in [1.29, 1.82) is 0 Å². The number of nitrogens with two attached hydrogens (primary N) is 1. The van der Waals surface area contributed by atoms with Crippen molar-refractivity contribution >= 4 is 27.6 Å². The van der Waals surface area contributed by atoms with Crippen LogP contribution in [0, 0.1) is 6.92 Å². The number of thiazole rings is 1. The van der Waals surface area contributed by atoms with Gasteiger partial charge in [0.05, 0.1) is 5.69 Å². The summed E-state index contributed by atoms with van der Waals surface area (Å²) >= 11 is 1.48. The lowest BCUT2D eigenvalue weighted by atomic mass is 10.2. The number of oxazole rings is 1. The van der Waals surface area contributed by atoms with Gasteiger partial charge in [-0.3, -0.25) is 0 Å². The Morgan fingerprint density at radius 3 is 2.95 bits per heavy atom. The average Bonchev–Trinajstić information content (AvgIpc) is 2.95. The number of hydrogen-bond donors (Lipinski definition) is 1. The third-order valence-corrected chi connectivity index (χ3v) is 3.70. The van der Waals surface area contributed by atoms with Crippen LogP contribution in [-0.4, -0.2) is 9.97 Å². The Hall–Kier alpha value is -1.88. The molecule has 0 aliphatic rings. The number of fused-ring (bicyclic) bond motifs is 1. The molecule has 3 aromatic rings. The lowest BCUT2D eigenvalue weighted by Gasteiger charge is -1.94. The van der Waals surface area contributed by atoms with Crippen molar-refractivity contribution in [2.45, 2.75) is 26.2 Å². The summed E-state index contributed by atoms with van der Waals surface area (Å²) in [6.45, 7) is 2.05. The lowest BCUT2D eigenvalue weighted by Crippen LogP contribution is -1.91. The molecule has 0 spiro atoms. The van der Waals surface area contributed by atoms with Crippen molar-refractivity contribution in [3.8, 4) is 0 Å². The normalized spacial score (nSPS) is 11.2. The SMILES string of the molecule is Cc1ccc2nc(CCCc3csc(N)n3)oc2c1. The van der Waals surface area contributed by atoms with Crippen LogP contribution in [0.2, 0.25) is 0 Å². The zero-order valence-electron chi connectivity index (χ0n) is 10.7. The highest BCUT2D eigenvalue weighted by molar-refractivity contribution is 7.13. The monoisotopic (exact) mass is 273 g/mol. The Bertz CT molecular complexity index is 702. The minimum Gasteiger partial charge on any atom is -0.441 e. The van der Waals surface area contributed by atoms with Crippen LogP contribution in [0.3, 0.4) is 0 Å². The molecule has 98 valence electrons. The van der Waals surface area contributed by atoms with E-state index in [0.717, 1.165) is 41.9 Å². The molecule has 19 heavy (non-hydrogen) atoms. The summed E-state index contributed by atoms with van der Waals surface area (Å²) in [6, 6.07) is 6.07. The van der Waals surface area contributed by atoms with Gasteiger partial charge in [0, 0.05) is 11.8 Å². The van der Waals surface area contributed by atoms with E-state index in [4.69, 9.17) is 10.2 Å². The van der Waals surface area contributed by atoms with E-state index in [9.17, 15) is 0 Å². The van der Waals surface area contributed by atoms with E-state index in [-0.39, 0.29) is 0 Å². The van der Waals surface area contributed by atoms with Crippen molar-refractivity contribution in [1.82, 2.24) is 9.97 Å². The third-order valence-electron chi connectivity index (χ3n) is 2.98. The molecule has 0 unspecified atom stereocenters. The van der Waals surface area contributed by atoms with Gasteiger partial charge in [0.25, 0.3) is 0 Å². The Kier molecular flexibility index (Phi) is 3.21. The average molecular weight is 273 g/mol. The number of anilines is 1. The molecule has 3 rings (SSSR count). The Balaban J connectivity index is 1.65. The Morgan fingerprint density at radius 1 is 1.26 bits per heavy atom. The van der Waals surface area contributed by atoms with Crippen LogP contribution in [0.25, 0.3) is 11.1 Å². The molecule has 2 heterocycles. The maximum absolute atomic E-state index is 5.74. The molecule has 0 fully saturated rings. The summed E-state index contributed by atoms with van der Waals surface area (Å²) in [7, 11) is 0. The summed E-state index contributed by atoms with van der Waals surface area (Å²) in [4.78, 5) is 8.72. The van der Waals surface area contributed by atoms with Crippen molar-refractivity contribution in [3.63, 3.8) is 0 Å². The second kappa shape index (κ2) is 5.01. The number of aromatic nitrogens is 2. The molecule has 0 saturated heterocycles. The number of aryl methyl sites for hydroxylation is 3. The summed E-state index contributed by atoms with van der Waals surface area (Å²) in [5, 5.41) is 2.64. The molecule has 0 aliphatic heterocycles. The second-order valence-electron chi connectivity index (χ2n) is 4.61. The molecule has 5 heteroatoms. The highest BCUT2D eigenvalue weighted by Crippen LogP contribution is 2.19. The molecule has 0 atom stereocenters. The first-order valence-electron chi connectivity index (χ1n) is 6.26. The van der Waals surface area contributed by atoms with Gasteiger partial charge in [-0.05, 0) is 37.5 Å². The van der Waals surface area contributed by atoms with Crippen LogP contribution >= 0.6 is 11.3 Å². The molecular formula is C14H15N3OS. The van der Waals surface area contributed by atoms with Gasteiger partial charge in [-0.25, -0.2) is 9.97 Å². The predicted molar refractivity (Wildman–Crippen MR) is 77.3 cm³/mol. The van der Waals surface area contributed by atoms with Crippen LogP contribution < -0.4 is 5.73 Å². The van der Waals surface area contributed by atoms with Gasteiger partial charge < -0.3 is 10.2 Å². The van der Waals surface area contributed by atoms with E-state index in [1.54, 1.807) is 0 Å². The number of nitrogen functional groups attached to an aromatic ring is 1. The number of hydrogen-bond acceptors (Lipinski definition) is 5. The van der Waals surface area contributed by atoms with Crippen LogP contribution in [-0.2, 0) is 12.8 Å².